The van der Waals surface area contributed by atoms with E-state index >= 15 is 0 Å². The van der Waals surface area contributed by atoms with E-state index in [2.05, 4.69) is 17.4 Å². The molecule has 1 aromatic heterocycles. The highest BCUT2D eigenvalue weighted by molar-refractivity contribution is 7.99. The molecule has 0 aliphatic rings. The summed E-state index contributed by atoms with van der Waals surface area (Å²) in [6.45, 7) is 0.531. The van der Waals surface area contributed by atoms with Crippen molar-refractivity contribution in [2.24, 2.45) is 0 Å². The van der Waals surface area contributed by atoms with E-state index < -0.39 is 5.63 Å². The minimum Gasteiger partial charge on any atom is -0.484 e. The third-order valence-corrected chi connectivity index (χ3v) is 4.72. The Morgan fingerprint density at radius 2 is 1.88 bits per heavy atom. The standard InChI is InChI=1S/C20H19NO4S/c22-19(21-11-4-12-26-17-5-2-1-3-6-17)14-24-16-9-7-15-8-10-20(23)25-18(15)13-16/h1-3,5-10,13H,4,11-12,14H2,(H,21,22). The average Bonchev–Trinajstić information content (AvgIpc) is 2.66. The third-order valence-electron chi connectivity index (χ3n) is 3.62. The second-order valence-electron chi connectivity index (χ2n) is 5.61. The molecule has 6 heteroatoms. The highest BCUT2D eigenvalue weighted by Crippen LogP contribution is 2.19. The van der Waals surface area contributed by atoms with Gasteiger partial charge in [0.1, 0.15) is 11.3 Å². The maximum absolute atomic E-state index is 11.9. The van der Waals surface area contributed by atoms with Crippen molar-refractivity contribution in [3.8, 4) is 5.75 Å². The van der Waals surface area contributed by atoms with Crippen LogP contribution in [0.1, 0.15) is 6.42 Å². The van der Waals surface area contributed by atoms with Crippen molar-refractivity contribution in [1.29, 1.82) is 0 Å². The number of hydrogen-bond acceptors (Lipinski definition) is 5. The fraction of sp³-hybridized carbons (Fsp3) is 0.200. The lowest BCUT2D eigenvalue weighted by molar-refractivity contribution is -0.123. The summed E-state index contributed by atoms with van der Waals surface area (Å²) in [6, 6.07) is 18.4. The fourth-order valence-corrected chi connectivity index (χ4v) is 3.21. The molecule has 2 aromatic carbocycles. The zero-order chi connectivity index (χ0) is 18.2. The Kier molecular flexibility index (Phi) is 6.33. The zero-order valence-corrected chi connectivity index (χ0v) is 15.0. The van der Waals surface area contributed by atoms with Gasteiger partial charge >= 0.3 is 5.63 Å². The number of ether oxygens (including phenoxy) is 1. The molecular formula is C20H19NO4S. The SMILES string of the molecule is O=C(COc1ccc2ccc(=O)oc2c1)NCCCSc1ccccc1. The monoisotopic (exact) mass is 369 g/mol. The first-order valence-electron chi connectivity index (χ1n) is 8.32. The van der Waals surface area contributed by atoms with Gasteiger partial charge < -0.3 is 14.5 Å². The number of hydrogen-bond donors (Lipinski definition) is 1. The summed E-state index contributed by atoms with van der Waals surface area (Å²) >= 11 is 1.77. The highest BCUT2D eigenvalue weighted by atomic mass is 32.2. The molecule has 0 radical (unpaired) electrons. The molecule has 3 aromatic rings. The van der Waals surface area contributed by atoms with Crippen molar-refractivity contribution < 1.29 is 13.9 Å². The second kappa shape index (κ2) is 9.10. The average molecular weight is 369 g/mol. The van der Waals surface area contributed by atoms with Crippen LogP contribution in [0, 0.1) is 0 Å². The van der Waals surface area contributed by atoms with Gasteiger partial charge in [-0.3, -0.25) is 4.79 Å². The third kappa shape index (κ3) is 5.39. The Balaban J connectivity index is 1.38. The molecule has 0 aliphatic carbocycles. The van der Waals surface area contributed by atoms with Gasteiger partial charge in [0.15, 0.2) is 6.61 Å². The van der Waals surface area contributed by atoms with E-state index in [4.69, 9.17) is 9.15 Å². The van der Waals surface area contributed by atoms with Gasteiger partial charge in [-0.05, 0) is 42.5 Å². The quantitative estimate of drug-likeness (QED) is 0.374. The summed E-state index contributed by atoms with van der Waals surface area (Å²) in [7, 11) is 0. The van der Waals surface area contributed by atoms with Crippen LogP contribution in [0.2, 0.25) is 0 Å². The highest BCUT2D eigenvalue weighted by Gasteiger charge is 2.04. The molecular weight excluding hydrogens is 350 g/mol. The number of carbonyl (C=O) groups excluding carboxylic acids is 1. The van der Waals surface area contributed by atoms with Gasteiger partial charge in [0.25, 0.3) is 5.91 Å². The smallest absolute Gasteiger partial charge is 0.336 e. The Labute approximate surface area is 155 Å². The molecule has 3 rings (SSSR count). The normalized spacial score (nSPS) is 10.6. The summed E-state index contributed by atoms with van der Waals surface area (Å²) < 4.78 is 10.6. The van der Waals surface area contributed by atoms with Gasteiger partial charge in [0.2, 0.25) is 0 Å². The summed E-state index contributed by atoms with van der Waals surface area (Å²) in [5.41, 5.74) is 0.0223. The summed E-state index contributed by atoms with van der Waals surface area (Å²) in [4.78, 5) is 24.3. The van der Waals surface area contributed by atoms with Crippen LogP contribution in [0.5, 0.6) is 5.75 Å². The maximum Gasteiger partial charge on any atom is 0.336 e. The molecule has 0 saturated heterocycles. The van der Waals surface area contributed by atoms with Gasteiger partial charge in [0.05, 0.1) is 0 Å². The number of nitrogens with one attached hydrogen (secondary N) is 1. The molecule has 1 heterocycles. The van der Waals surface area contributed by atoms with Crippen LogP contribution in [-0.4, -0.2) is 24.8 Å². The largest absolute Gasteiger partial charge is 0.484 e. The van der Waals surface area contributed by atoms with E-state index in [1.54, 1.807) is 36.0 Å². The van der Waals surface area contributed by atoms with Crippen LogP contribution >= 0.6 is 11.8 Å². The van der Waals surface area contributed by atoms with Crippen LogP contribution in [0.3, 0.4) is 0 Å². The first-order valence-corrected chi connectivity index (χ1v) is 9.30. The molecule has 5 nitrogen and oxygen atoms in total. The van der Waals surface area contributed by atoms with Crippen molar-refractivity contribution in [2.45, 2.75) is 11.3 Å². The Hall–Kier alpha value is -2.73. The Bertz CT molecular complexity index is 924. The van der Waals surface area contributed by atoms with E-state index in [9.17, 15) is 9.59 Å². The van der Waals surface area contributed by atoms with Crippen molar-refractivity contribution in [3.05, 3.63) is 71.1 Å². The molecule has 0 saturated carbocycles. The van der Waals surface area contributed by atoms with Crippen LogP contribution in [0.15, 0.2) is 74.8 Å². The molecule has 0 fully saturated rings. The van der Waals surface area contributed by atoms with Gasteiger partial charge in [-0.1, -0.05) is 18.2 Å². The predicted octanol–water partition coefficient (Wildman–Crippen LogP) is 3.47. The van der Waals surface area contributed by atoms with E-state index in [1.807, 2.05) is 18.2 Å². The molecule has 1 N–H and O–H groups in total. The lowest BCUT2D eigenvalue weighted by atomic mass is 10.2. The first kappa shape index (κ1) is 18.1. The topological polar surface area (TPSA) is 68.5 Å². The lowest BCUT2D eigenvalue weighted by Gasteiger charge is -2.08. The lowest BCUT2D eigenvalue weighted by Crippen LogP contribution is -2.29. The molecule has 0 atom stereocenters. The molecule has 0 spiro atoms. The van der Waals surface area contributed by atoms with Gasteiger partial charge in [-0.15, -0.1) is 11.8 Å². The Morgan fingerprint density at radius 3 is 2.73 bits per heavy atom. The van der Waals surface area contributed by atoms with E-state index in [0.717, 1.165) is 17.6 Å². The van der Waals surface area contributed by atoms with Crippen molar-refractivity contribution >= 4 is 28.6 Å². The molecule has 0 unspecified atom stereocenters. The molecule has 26 heavy (non-hydrogen) atoms. The molecule has 134 valence electrons. The van der Waals surface area contributed by atoms with Crippen LogP contribution in [-0.2, 0) is 4.79 Å². The number of rotatable bonds is 8. The molecule has 0 bridgehead atoms. The van der Waals surface area contributed by atoms with Crippen LogP contribution in [0.4, 0.5) is 0 Å². The van der Waals surface area contributed by atoms with Crippen molar-refractivity contribution in [3.63, 3.8) is 0 Å². The first-order chi connectivity index (χ1) is 12.7. The number of amides is 1. The van der Waals surface area contributed by atoms with E-state index in [1.165, 1.54) is 11.0 Å². The minimum atomic E-state index is -0.416. The number of benzene rings is 2. The predicted molar refractivity (Wildman–Crippen MR) is 103 cm³/mol. The van der Waals surface area contributed by atoms with E-state index in [0.29, 0.717) is 17.9 Å². The number of fused-ring (bicyclic) bond motifs is 1. The Morgan fingerprint density at radius 1 is 1.08 bits per heavy atom. The summed E-state index contributed by atoms with van der Waals surface area (Å²) in [5.74, 6) is 1.25. The van der Waals surface area contributed by atoms with Gasteiger partial charge in [-0.25, -0.2) is 4.79 Å². The van der Waals surface area contributed by atoms with E-state index in [-0.39, 0.29) is 12.5 Å². The van der Waals surface area contributed by atoms with Crippen LogP contribution in [0.25, 0.3) is 11.0 Å². The zero-order valence-electron chi connectivity index (χ0n) is 14.1. The van der Waals surface area contributed by atoms with Crippen LogP contribution < -0.4 is 15.7 Å². The van der Waals surface area contributed by atoms with Crippen molar-refractivity contribution in [2.75, 3.05) is 18.9 Å². The summed E-state index contributed by atoms with van der Waals surface area (Å²) in [6.07, 6.45) is 0.881. The van der Waals surface area contributed by atoms with Gasteiger partial charge in [0, 0.05) is 29.0 Å². The number of thioether (sulfide) groups is 1. The fourth-order valence-electron chi connectivity index (χ4n) is 2.34. The minimum absolute atomic E-state index is 0.0750. The number of carbonyl (C=O) groups is 1. The van der Waals surface area contributed by atoms with Gasteiger partial charge in [-0.2, -0.15) is 0 Å². The summed E-state index contributed by atoms with van der Waals surface area (Å²) in [5, 5.41) is 3.64. The molecule has 1 amide bonds. The molecule has 0 aliphatic heterocycles. The van der Waals surface area contributed by atoms with Crippen molar-refractivity contribution in [1.82, 2.24) is 5.32 Å². The second-order valence-corrected chi connectivity index (χ2v) is 6.78. The maximum atomic E-state index is 11.9.